The van der Waals surface area contributed by atoms with Crippen molar-refractivity contribution in [1.29, 1.82) is 0 Å². The Balaban J connectivity index is 1.32. The molecule has 192 valence electrons. The van der Waals surface area contributed by atoms with E-state index in [9.17, 15) is 9.18 Å². The van der Waals surface area contributed by atoms with E-state index in [-0.39, 0.29) is 45.9 Å². The molecule has 3 aromatic rings. The van der Waals surface area contributed by atoms with Crippen molar-refractivity contribution in [2.75, 3.05) is 18.5 Å². The quantitative estimate of drug-likeness (QED) is 0.319. The zero-order valence-corrected chi connectivity index (χ0v) is 21.1. The lowest BCUT2D eigenvalue weighted by Crippen LogP contribution is -2.64. The number of nitrogens with one attached hydrogen (secondary N) is 1. The van der Waals surface area contributed by atoms with E-state index in [1.54, 1.807) is 12.1 Å². The number of fused-ring (bicyclic) bond motifs is 3. The van der Waals surface area contributed by atoms with E-state index in [0.717, 1.165) is 6.42 Å². The zero-order valence-electron chi connectivity index (χ0n) is 19.6. The Hall–Kier alpha value is -3.14. The predicted molar refractivity (Wildman–Crippen MR) is 137 cm³/mol. The molecule has 2 bridgehead atoms. The van der Waals surface area contributed by atoms with Gasteiger partial charge in [-0.25, -0.2) is 14.4 Å². The van der Waals surface area contributed by atoms with Gasteiger partial charge in [-0.05, 0) is 30.7 Å². The fourth-order valence-corrected chi connectivity index (χ4v) is 5.44. The van der Waals surface area contributed by atoms with Crippen molar-refractivity contribution >= 4 is 51.5 Å². The van der Waals surface area contributed by atoms with Gasteiger partial charge in [0.15, 0.2) is 17.3 Å². The lowest BCUT2D eigenvalue weighted by atomic mass is 9.78. The van der Waals surface area contributed by atoms with Gasteiger partial charge < -0.3 is 24.4 Å². The molecule has 7 rings (SSSR count). The first-order chi connectivity index (χ1) is 17.9. The number of nitrogens with zero attached hydrogens (tertiary/aromatic N) is 3. The van der Waals surface area contributed by atoms with Crippen molar-refractivity contribution in [2.24, 2.45) is 0 Å². The molecule has 8 nitrogen and oxygen atoms in total. The van der Waals surface area contributed by atoms with Crippen LogP contribution in [-0.4, -0.2) is 58.3 Å². The van der Waals surface area contributed by atoms with E-state index in [1.165, 1.54) is 24.5 Å². The van der Waals surface area contributed by atoms with Crippen LogP contribution in [0.1, 0.15) is 19.3 Å². The molecule has 37 heavy (non-hydrogen) atoms. The number of halogens is 3. The van der Waals surface area contributed by atoms with Crippen LogP contribution in [0.5, 0.6) is 11.5 Å². The van der Waals surface area contributed by atoms with Crippen LogP contribution in [0.25, 0.3) is 10.9 Å². The fourth-order valence-electron chi connectivity index (χ4n) is 5.12. The SMILES string of the molecule is C=CC(=O)N1C2CC(Oc3cc4c(Nc5ccc(Cl)c(Cl)c5F)ncnc4cc3OC3COC3)CC1C2. The third-order valence-electron chi connectivity index (χ3n) is 7.01. The maximum Gasteiger partial charge on any atom is 0.246 e. The van der Waals surface area contributed by atoms with E-state index >= 15 is 0 Å². The minimum absolute atomic E-state index is 0.0400. The van der Waals surface area contributed by atoms with Crippen LogP contribution in [0, 0.1) is 5.82 Å². The number of piperidine rings is 1. The Morgan fingerprint density at radius 3 is 2.54 bits per heavy atom. The molecule has 2 aromatic carbocycles. The van der Waals surface area contributed by atoms with Crippen LogP contribution in [0.3, 0.4) is 0 Å². The Kier molecular flexibility index (Phi) is 6.30. The highest BCUT2D eigenvalue weighted by Crippen LogP contribution is 2.43. The van der Waals surface area contributed by atoms with Crippen molar-refractivity contribution in [3.05, 3.63) is 59.1 Å². The summed E-state index contributed by atoms with van der Waals surface area (Å²) in [5.74, 6) is 0.730. The van der Waals surface area contributed by atoms with Crippen molar-refractivity contribution < 1.29 is 23.4 Å². The van der Waals surface area contributed by atoms with Crippen LogP contribution in [0.15, 0.2) is 43.2 Å². The van der Waals surface area contributed by atoms with E-state index in [4.69, 9.17) is 37.4 Å². The normalized spacial score (nSPS) is 22.7. The first-order valence-corrected chi connectivity index (χ1v) is 12.7. The van der Waals surface area contributed by atoms with Gasteiger partial charge in [0.05, 0.1) is 34.5 Å². The van der Waals surface area contributed by atoms with Crippen LogP contribution < -0.4 is 14.8 Å². The highest BCUT2D eigenvalue weighted by atomic mass is 35.5. The lowest BCUT2D eigenvalue weighted by molar-refractivity contribution is -0.148. The third-order valence-corrected chi connectivity index (χ3v) is 7.80. The summed E-state index contributed by atoms with van der Waals surface area (Å²) < 4.78 is 32.6. The molecule has 2 atom stereocenters. The first-order valence-electron chi connectivity index (χ1n) is 12.0. The Bertz CT molecular complexity index is 1390. The summed E-state index contributed by atoms with van der Waals surface area (Å²) in [5.41, 5.74) is 0.720. The van der Waals surface area contributed by atoms with Gasteiger partial charge >= 0.3 is 0 Å². The van der Waals surface area contributed by atoms with Crippen molar-refractivity contribution in [3.63, 3.8) is 0 Å². The third kappa shape index (κ3) is 4.45. The Morgan fingerprint density at radius 1 is 1.11 bits per heavy atom. The molecule has 1 saturated carbocycles. The van der Waals surface area contributed by atoms with Gasteiger partial charge in [-0.1, -0.05) is 29.8 Å². The number of carbonyl (C=O) groups is 1. The second-order valence-corrected chi connectivity index (χ2v) is 10.2. The maximum absolute atomic E-state index is 14.7. The summed E-state index contributed by atoms with van der Waals surface area (Å²) in [4.78, 5) is 22.8. The predicted octanol–water partition coefficient (Wildman–Crippen LogP) is 5.29. The van der Waals surface area contributed by atoms with Crippen molar-refractivity contribution in [1.82, 2.24) is 14.9 Å². The van der Waals surface area contributed by atoms with Crippen molar-refractivity contribution in [2.45, 2.75) is 43.6 Å². The Morgan fingerprint density at radius 2 is 1.84 bits per heavy atom. The van der Waals surface area contributed by atoms with Crippen LogP contribution >= 0.6 is 23.2 Å². The summed E-state index contributed by atoms with van der Waals surface area (Å²) in [6.07, 6.45) is 4.97. The van der Waals surface area contributed by atoms with Gasteiger partial charge in [0.25, 0.3) is 0 Å². The summed E-state index contributed by atoms with van der Waals surface area (Å²) in [7, 11) is 0. The largest absolute Gasteiger partial charge is 0.486 e. The summed E-state index contributed by atoms with van der Waals surface area (Å²) in [6, 6.07) is 6.87. The van der Waals surface area contributed by atoms with Gasteiger partial charge in [0, 0.05) is 36.4 Å². The van der Waals surface area contributed by atoms with Crippen LogP contribution in [0.2, 0.25) is 10.0 Å². The van der Waals surface area contributed by atoms with E-state index in [1.807, 2.05) is 4.90 Å². The zero-order chi connectivity index (χ0) is 25.7. The summed E-state index contributed by atoms with van der Waals surface area (Å²) >= 11 is 11.9. The molecule has 3 aliphatic heterocycles. The average molecular weight is 545 g/mol. The molecule has 1 N–H and O–H groups in total. The number of benzene rings is 2. The second kappa shape index (κ2) is 9.63. The van der Waals surface area contributed by atoms with Gasteiger partial charge in [-0.15, -0.1) is 0 Å². The topological polar surface area (TPSA) is 85.8 Å². The number of rotatable bonds is 7. The van der Waals surface area contributed by atoms with E-state index in [2.05, 4.69) is 21.9 Å². The molecule has 4 heterocycles. The molecule has 4 aliphatic rings. The fraction of sp³-hybridized carbons (Fsp3) is 0.346. The molecule has 3 saturated heterocycles. The molecule has 2 unspecified atom stereocenters. The van der Waals surface area contributed by atoms with E-state index < -0.39 is 5.82 Å². The number of carbonyl (C=O) groups excluding carboxylic acids is 1. The molecular formula is C26H23Cl2FN4O4. The number of ether oxygens (including phenoxy) is 3. The molecule has 4 fully saturated rings. The van der Waals surface area contributed by atoms with Gasteiger partial charge in [0.1, 0.15) is 24.4 Å². The van der Waals surface area contributed by atoms with Crippen LogP contribution in [0.4, 0.5) is 15.9 Å². The Labute approximate surface area is 222 Å². The summed E-state index contributed by atoms with van der Waals surface area (Å²) in [5, 5.41) is 3.56. The highest BCUT2D eigenvalue weighted by Gasteiger charge is 2.48. The lowest BCUT2D eigenvalue weighted by Gasteiger charge is -2.54. The van der Waals surface area contributed by atoms with Gasteiger partial charge in [-0.3, -0.25) is 4.79 Å². The molecular weight excluding hydrogens is 522 g/mol. The van der Waals surface area contributed by atoms with Crippen LogP contribution in [-0.2, 0) is 9.53 Å². The maximum atomic E-state index is 14.7. The number of aromatic nitrogens is 2. The number of anilines is 2. The van der Waals surface area contributed by atoms with Gasteiger partial charge in [-0.2, -0.15) is 0 Å². The highest BCUT2D eigenvalue weighted by molar-refractivity contribution is 6.42. The molecule has 0 radical (unpaired) electrons. The summed E-state index contributed by atoms with van der Waals surface area (Å²) in [6.45, 7) is 4.60. The van der Waals surface area contributed by atoms with Crippen molar-refractivity contribution in [3.8, 4) is 11.5 Å². The van der Waals surface area contributed by atoms with Gasteiger partial charge in [0.2, 0.25) is 5.91 Å². The molecule has 1 aliphatic carbocycles. The minimum atomic E-state index is -0.678. The minimum Gasteiger partial charge on any atom is -0.486 e. The van der Waals surface area contributed by atoms with E-state index in [0.29, 0.717) is 54.3 Å². The molecule has 1 amide bonds. The number of amides is 1. The average Bonchev–Trinajstić information content (AvgIpc) is 2.86. The second-order valence-electron chi connectivity index (χ2n) is 9.37. The smallest absolute Gasteiger partial charge is 0.246 e. The molecule has 1 aromatic heterocycles. The standard InChI is InChI=1S/C26H23Cl2FN4O4/c1-2-23(34)33-13-5-14(33)7-15(6-13)36-21-8-17-20(9-22(21)37-16-10-35-11-16)30-12-31-26(17)32-19-4-3-18(27)24(28)25(19)29/h2-4,8-9,12-16H,1,5-7,10-11H2,(H,30,31,32). The monoisotopic (exact) mass is 544 g/mol. The first kappa shape index (κ1) is 24.2. The number of hydrogen-bond donors (Lipinski definition) is 1. The molecule has 0 spiro atoms. The molecule has 11 heteroatoms. The number of hydrogen-bond acceptors (Lipinski definition) is 7.